The Balaban J connectivity index is 2.19. The fraction of sp³-hybridized carbons (Fsp3) is 0.300. The molecule has 0 radical (unpaired) electrons. The molecule has 2 aromatic carbocycles. The highest BCUT2D eigenvalue weighted by atomic mass is 35.5. The van der Waals surface area contributed by atoms with Crippen LogP contribution in [-0.4, -0.2) is 28.7 Å². The maximum Gasteiger partial charge on any atom is 0.255 e. The average Bonchev–Trinajstić information content (AvgIpc) is 2.81. The summed E-state index contributed by atoms with van der Waals surface area (Å²) < 4.78 is 0. The normalized spacial score (nSPS) is 12.5. The van der Waals surface area contributed by atoms with Crippen LogP contribution in [0.2, 0.25) is 5.02 Å². The van der Waals surface area contributed by atoms with Crippen LogP contribution < -0.4 is 0 Å². The number of halogens is 1. The van der Waals surface area contributed by atoms with E-state index in [1.165, 1.54) is 0 Å². The number of ketones is 1. The van der Waals surface area contributed by atoms with Gasteiger partial charge in [-0.05, 0) is 45.4 Å². The Morgan fingerprint density at radius 2 is 1.50 bits per heavy atom. The van der Waals surface area contributed by atoms with Crippen molar-refractivity contribution < 1.29 is 9.59 Å². The van der Waals surface area contributed by atoms with Crippen molar-refractivity contribution in [3.05, 3.63) is 58.1 Å². The van der Waals surface area contributed by atoms with Crippen LogP contribution >= 0.6 is 11.6 Å². The van der Waals surface area contributed by atoms with Gasteiger partial charge in [0.2, 0.25) is 0 Å². The van der Waals surface area contributed by atoms with E-state index in [9.17, 15) is 9.59 Å². The average molecular weight is 342 g/mol. The first-order chi connectivity index (χ1) is 11.3. The standard InChI is InChI=1S/C20H20ClNO2/c1-11(2)22(12(3)4)20(24)15-9-5-7-13-17-14(19(23)18(13)15)8-6-10-16(17)21/h5-12H,1-4H3. The summed E-state index contributed by atoms with van der Waals surface area (Å²) in [6, 6.07) is 10.8. The van der Waals surface area contributed by atoms with E-state index in [1.807, 2.05) is 39.8 Å². The van der Waals surface area contributed by atoms with E-state index < -0.39 is 0 Å². The predicted molar refractivity (Wildman–Crippen MR) is 96.8 cm³/mol. The van der Waals surface area contributed by atoms with Crippen molar-refractivity contribution in [1.29, 1.82) is 0 Å². The number of hydrogen-bond donors (Lipinski definition) is 0. The Kier molecular flexibility index (Phi) is 4.22. The highest BCUT2D eigenvalue weighted by Gasteiger charge is 2.34. The maximum atomic E-state index is 13.1. The lowest BCUT2D eigenvalue weighted by Crippen LogP contribution is -2.42. The highest BCUT2D eigenvalue weighted by Crippen LogP contribution is 2.42. The molecule has 0 atom stereocenters. The monoisotopic (exact) mass is 341 g/mol. The van der Waals surface area contributed by atoms with Gasteiger partial charge in [-0.3, -0.25) is 9.59 Å². The Bertz CT molecular complexity index is 832. The van der Waals surface area contributed by atoms with E-state index >= 15 is 0 Å². The fourth-order valence-corrected chi connectivity index (χ4v) is 3.79. The number of carbonyl (C=O) groups is 2. The third-order valence-electron chi connectivity index (χ3n) is 4.40. The van der Waals surface area contributed by atoms with Gasteiger partial charge in [0.25, 0.3) is 5.91 Å². The summed E-state index contributed by atoms with van der Waals surface area (Å²) in [5.41, 5.74) is 2.97. The quantitative estimate of drug-likeness (QED) is 0.685. The molecule has 124 valence electrons. The summed E-state index contributed by atoms with van der Waals surface area (Å²) in [6.45, 7) is 7.92. The van der Waals surface area contributed by atoms with E-state index in [1.54, 1.807) is 29.2 Å². The van der Waals surface area contributed by atoms with Gasteiger partial charge in [0, 0.05) is 33.8 Å². The van der Waals surface area contributed by atoms with E-state index in [0.717, 1.165) is 11.1 Å². The molecule has 0 saturated heterocycles. The first-order valence-corrected chi connectivity index (χ1v) is 8.51. The van der Waals surface area contributed by atoms with E-state index in [-0.39, 0.29) is 23.8 Å². The van der Waals surface area contributed by atoms with Gasteiger partial charge in [-0.1, -0.05) is 35.9 Å². The minimum atomic E-state index is -0.126. The summed E-state index contributed by atoms with van der Waals surface area (Å²) in [4.78, 5) is 27.8. The molecule has 0 bridgehead atoms. The molecule has 0 heterocycles. The first kappa shape index (κ1) is 16.7. The Morgan fingerprint density at radius 1 is 0.917 bits per heavy atom. The molecule has 0 aromatic heterocycles. The summed E-state index contributed by atoms with van der Waals surface area (Å²) in [6.07, 6.45) is 0. The summed E-state index contributed by atoms with van der Waals surface area (Å²) >= 11 is 6.31. The molecule has 3 rings (SSSR count). The van der Waals surface area contributed by atoms with Gasteiger partial charge in [-0.25, -0.2) is 0 Å². The lowest BCUT2D eigenvalue weighted by atomic mass is 9.99. The maximum absolute atomic E-state index is 13.1. The van der Waals surface area contributed by atoms with E-state index in [0.29, 0.717) is 21.7 Å². The van der Waals surface area contributed by atoms with Crippen molar-refractivity contribution in [2.24, 2.45) is 0 Å². The molecule has 0 aliphatic heterocycles. The van der Waals surface area contributed by atoms with Crippen LogP contribution in [0, 0.1) is 0 Å². The SMILES string of the molecule is CC(C)N(C(=O)c1cccc2c1C(=O)c1cccc(Cl)c1-2)C(C)C. The Morgan fingerprint density at radius 3 is 2.12 bits per heavy atom. The predicted octanol–water partition coefficient (Wildman–Crippen LogP) is 4.81. The minimum absolute atomic E-state index is 0.0517. The summed E-state index contributed by atoms with van der Waals surface area (Å²) in [5.74, 6) is -0.243. The van der Waals surface area contributed by atoms with Crippen LogP contribution in [0.4, 0.5) is 0 Å². The van der Waals surface area contributed by atoms with Crippen LogP contribution in [0.1, 0.15) is 54.0 Å². The molecule has 0 saturated carbocycles. The molecule has 2 aromatic rings. The molecule has 0 unspecified atom stereocenters. The number of nitrogens with zero attached hydrogens (tertiary/aromatic N) is 1. The van der Waals surface area contributed by atoms with Gasteiger partial charge >= 0.3 is 0 Å². The highest BCUT2D eigenvalue weighted by molar-refractivity contribution is 6.37. The lowest BCUT2D eigenvalue weighted by molar-refractivity contribution is 0.0640. The number of fused-ring (bicyclic) bond motifs is 3. The van der Waals surface area contributed by atoms with Crippen LogP contribution in [-0.2, 0) is 0 Å². The first-order valence-electron chi connectivity index (χ1n) is 8.13. The summed E-state index contributed by atoms with van der Waals surface area (Å²) in [5, 5.41) is 0.536. The third kappa shape index (κ3) is 2.44. The van der Waals surface area contributed by atoms with Crippen LogP contribution in [0.25, 0.3) is 11.1 Å². The van der Waals surface area contributed by atoms with Gasteiger partial charge < -0.3 is 4.90 Å². The van der Waals surface area contributed by atoms with Crippen molar-refractivity contribution in [3.63, 3.8) is 0 Å². The molecule has 1 amide bonds. The molecule has 1 aliphatic rings. The second-order valence-electron chi connectivity index (χ2n) is 6.62. The lowest BCUT2D eigenvalue weighted by Gasteiger charge is -2.31. The van der Waals surface area contributed by atoms with Crippen molar-refractivity contribution in [2.75, 3.05) is 0 Å². The number of amides is 1. The zero-order valence-electron chi connectivity index (χ0n) is 14.3. The summed E-state index contributed by atoms with van der Waals surface area (Å²) in [7, 11) is 0. The Labute approximate surface area is 147 Å². The van der Waals surface area contributed by atoms with Gasteiger partial charge in [0.05, 0.1) is 5.56 Å². The third-order valence-corrected chi connectivity index (χ3v) is 4.71. The molecule has 3 nitrogen and oxygen atoms in total. The van der Waals surface area contributed by atoms with Gasteiger partial charge in [-0.15, -0.1) is 0 Å². The zero-order valence-corrected chi connectivity index (χ0v) is 15.0. The molecular formula is C20H20ClNO2. The fourth-order valence-electron chi connectivity index (χ4n) is 3.51. The van der Waals surface area contributed by atoms with Crippen LogP contribution in [0.15, 0.2) is 36.4 Å². The second-order valence-corrected chi connectivity index (χ2v) is 7.03. The molecule has 24 heavy (non-hydrogen) atoms. The van der Waals surface area contributed by atoms with Crippen molar-refractivity contribution >= 4 is 23.3 Å². The topological polar surface area (TPSA) is 37.4 Å². The van der Waals surface area contributed by atoms with Crippen molar-refractivity contribution in [3.8, 4) is 11.1 Å². The van der Waals surface area contributed by atoms with Crippen LogP contribution in [0.5, 0.6) is 0 Å². The van der Waals surface area contributed by atoms with Crippen molar-refractivity contribution in [1.82, 2.24) is 4.90 Å². The number of carbonyl (C=O) groups excluding carboxylic acids is 2. The van der Waals surface area contributed by atoms with Crippen molar-refractivity contribution in [2.45, 2.75) is 39.8 Å². The number of benzene rings is 2. The molecule has 0 fully saturated rings. The molecule has 1 aliphatic carbocycles. The molecule has 0 spiro atoms. The molecule has 4 heteroatoms. The number of rotatable bonds is 3. The molecular weight excluding hydrogens is 322 g/mol. The second kappa shape index (κ2) is 6.06. The van der Waals surface area contributed by atoms with E-state index in [4.69, 9.17) is 11.6 Å². The van der Waals surface area contributed by atoms with Gasteiger partial charge in [-0.2, -0.15) is 0 Å². The largest absolute Gasteiger partial charge is 0.334 e. The Hall–Kier alpha value is -2.13. The smallest absolute Gasteiger partial charge is 0.255 e. The van der Waals surface area contributed by atoms with E-state index in [2.05, 4.69) is 0 Å². The van der Waals surface area contributed by atoms with Gasteiger partial charge in [0.1, 0.15) is 0 Å². The van der Waals surface area contributed by atoms with Crippen LogP contribution in [0.3, 0.4) is 0 Å². The zero-order chi connectivity index (χ0) is 17.6. The number of hydrogen-bond acceptors (Lipinski definition) is 2. The molecule has 0 N–H and O–H groups in total. The minimum Gasteiger partial charge on any atom is -0.334 e. The van der Waals surface area contributed by atoms with Gasteiger partial charge in [0.15, 0.2) is 5.78 Å².